The van der Waals surface area contributed by atoms with Crippen molar-refractivity contribution >= 4 is 43.2 Å². The van der Waals surface area contributed by atoms with Crippen molar-refractivity contribution in [3.05, 3.63) is 48.3 Å². The van der Waals surface area contributed by atoms with Gasteiger partial charge in [0.25, 0.3) is 10.1 Å². The Morgan fingerprint density at radius 1 is 1.16 bits per heavy atom. The quantitative estimate of drug-likeness (QED) is 0.549. The number of rotatable bonds is 2. The van der Waals surface area contributed by atoms with Gasteiger partial charge in [-0.1, -0.05) is 15.9 Å². The molecule has 9 heteroatoms. The predicted molar refractivity (Wildman–Crippen MR) is 73.5 cm³/mol. The Morgan fingerprint density at radius 3 is 2.42 bits per heavy atom. The average Bonchev–Trinajstić information content (AvgIpc) is 2.27. The molecule has 2 rings (SSSR count). The Bertz CT molecular complexity index is 894. The highest BCUT2D eigenvalue weighted by molar-refractivity contribution is 9.10. The van der Waals surface area contributed by atoms with E-state index in [2.05, 4.69) is 25.9 Å². The van der Waals surface area contributed by atoms with Crippen molar-refractivity contribution in [3.63, 3.8) is 0 Å². The SMILES string of the molecule is O=c1[nH]c2cc(Br)cc(C=CS(=O)(=O)O)c2[nH]c1=O. The smallest absolute Gasteiger partial charge is 0.314 e. The van der Waals surface area contributed by atoms with Crippen LogP contribution in [0.2, 0.25) is 0 Å². The van der Waals surface area contributed by atoms with E-state index in [0.29, 0.717) is 21.0 Å². The van der Waals surface area contributed by atoms with Crippen LogP contribution in [0.25, 0.3) is 17.1 Å². The van der Waals surface area contributed by atoms with Crippen LogP contribution in [-0.4, -0.2) is 22.9 Å². The third kappa shape index (κ3) is 3.19. The molecule has 100 valence electrons. The van der Waals surface area contributed by atoms with Gasteiger partial charge in [0.05, 0.1) is 16.4 Å². The standard InChI is InChI=1S/C10H7BrN2O5S/c11-6-3-5(1-2-19(16,17)18)8-7(4-6)12-9(14)10(15)13-8/h1-4H,(H,12,14)(H,13,15)(H,16,17,18). The minimum Gasteiger partial charge on any atom is -0.316 e. The van der Waals surface area contributed by atoms with Crippen molar-refractivity contribution in [2.45, 2.75) is 0 Å². The molecule has 19 heavy (non-hydrogen) atoms. The Labute approximate surface area is 114 Å². The first-order valence-corrected chi connectivity index (χ1v) is 7.17. The summed E-state index contributed by atoms with van der Waals surface area (Å²) in [5.74, 6) is 0. The maximum atomic E-state index is 11.3. The molecule has 0 saturated heterocycles. The van der Waals surface area contributed by atoms with E-state index in [0.717, 1.165) is 6.08 Å². The highest BCUT2D eigenvalue weighted by Crippen LogP contribution is 2.21. The molecule has 0 amide bonds. The van der Waals surface area contributed by atoms with Gasteiger partial charge in [0.2, 0.25) is 0 Å². The molecular formula is C10H7BrN2O5S. The number of aromatic amines is 2. The van der Waals surface area contributed by atoms with Gasteiger partial charge in [-0.15, -0.1) is 0 Å². The first-order valence-electron chi connectivity index (χ1n) is 4.88. The second-order valence-corrected chi connectivity index (χ2v) is 5.86. The fourth-order valence-electron chi connectivity index (χ4n) is 1.51. The molecule has 0 aliphatic rings. The van der Waals surface area contributed by atoms with Crippen LogP contribution in [0.1, 0.15) is 5.56 Å². The number of nitrogens with one attached hydrogen (secondary N) is 2. The molecule has 0 bridgehead atoms. The molecule has 0 aliphatic heterocycles. The number of hydrogen-bond acceptors (Lipinski definition) is 4. The van der Waals surface area contributed by atoms with Crippen molar-refractivity contribution in [1.29, 1.82) is 0 Å². The van der Waals surface area contributed by atoms with Gasteiger partial charge in [0.1, 0.15) is 0 Å². The van der Waals surface area contributed by atoms with Crippen LogP contribution in [0, 0.1) is 0 Å². The van der Waals surface area contributed by atoms with Crippen LogP contribution in [0.15, 0.2) is 31.6 Å². The van der Waals surface area contributed by atoms with E-state index < -0.39 is 21.2 Å². The monoisotopic (exact) mass is 346 g/mol. The van der Waals surface area contributed by atoms with E-state index in [1.807, 2.05) is 0 Å². The van der Waals surface area contributed by atoms with Crippen LogP contribution in [0.3, 0.4) is 0 Å². The number of hydrogen-bond donors (Lipinski definition) is 3. The summed E-state index contributed by atoms with van der Waals surface area (Å²) in [4.78, 5) is 27.2. The van der Waals surface area contributed by atoms with Gasteiger partial charge < -0.3 is 9.97 Å². The van der Waals surface area contributed by atoms with Crippen molar-refractivity contribution < 1.29 is 13.0 Å². The summed E-state index contributed by atoms with van der Waals surface area (Å²) in [6.07, 6.45) is 1.11. The van der Waals surface area contributed by atoms with Crippen molar-refractivity contribution in [2.24, 2.45) is 0 Å². The van der Waals surface area contributed by atoms with Gasteiger partial charge in [0, 0.05) is 10.0 Å². The van der Waals surface area contributed by atoms with E-state index in [1.54, 1.807) is 6.07 Å². The second-order valence-electron chi connectivity index (χ2n) is 3.64. The second kappa shape index (κ2) is 4.76. The minimum atomic E-state index is -4.28. The van der Waals surface area contributed by atoms with Gasteiger partial charge >= 0.3 is 11.1 Å². The summed E-state index contributed by atoms with van der Waals surface area (Å²) in [7, 11) is -4.28. The lowest BCUT2D eigenvalue weighted by Gasteiger charge is -2.03. The van der Waals surface area contributed by atoms with E-state index in [9.17, 15) is 18.0 Å². The summed E-state index contributed by atoms with van der Waals surface area (Å²) in [6.45, 7) is 0. The number of fused-ring (bicyclic) bond motifs is 1. The van der Waals surface area contributed by atoms with E-state index in [-0.39, 0.29) is 5.52 Å². The van der Waals surface area contributed by atoms with Gasteiger partial charge in [-0.05, 0) is 18.2 Å². The molecule has 0 unspecified atom stereocenters. The molecule has 0 fully saturated rings. The zero-order chi connectivity index (χ0) is 14.2. The van der Waals surface area contributed by atoms with E-state index in [1.165, 1.54) is 6.07 Å². The highest BCUT2D eigenvalue weighted by atomic mass is 79.9. The average molecular weight is 347 g/mol. The predicted octanol–water partition coefficient (Wildman–Crippen LogP) is 0.837. The maximum Gasteiger partial charge on any atom is 0.314 e. The molecule has 0 atom stereocenters. The summed E-state index contributed by atoms with van der Waals surface area (Å²) < 4.78 is 30.6. The normalized spacial score (nSPS) is 12.3. The van der Waals surface area contributed by atoms with E-state index >= 15 is 0 Å². The molecule has 1 heterocycles. The van der Waals surface area contributed by atoms with Crippen LogP contribution in [0.5, 0.6) is 0 Å². The largest absolute Gasteiger partial charge is 0.316 e. The van der Waals surface area contributed by atoms with Crippen LogP contribution in [-0.2, 0) is 10.1 Å². The summed E-state index contributed by atoms with van der Waals surface area (Å²) in [5.41, 5.74) is -0.761. The summed E-state index contributed by atoms with van der Waals surface area (Å²) in [5, 5.41) is 0.581. The number of H-pyrrole nitrogens is 2. The van der Waals surface area contributed by atoms with Gasteiger partial charge in [-0.25, -0.2) is 0 Å². The fourth-order valence-corrected chi connectivity index (χ4v) is 2.30. The minimum absolute atomic E-state index is 0.257. The lowest BCUT2D eigenvalue weighted by molar-refractivity contribution is 0.494. The maximum absolute atomic E-state index is 11.3. The number of halogens is 1. The fraction of sp³-hybridized carbons (Fsp3) is 0. The summed E-state index contributed by atoms with van der Waals surface area (Å²) >= 11 is 3.19. The van der Waals surface area contributed by atoms with Gasteiger partial charge in [-0.2, -0.15) is 8.42 Å². The molecule has 2 aromatic rings. The molecule has 0 aliphatic carbocycles. The van der Waals surface area contributed by atoms with Gasteiger partial charge in [-0.3, -0.25) is 14.1 Å². The molecule has 7 nitrogen and oxygen atoms in total. The van der Waals surface area contributed by atoms with Crippen molar-refractivity contribution in [2.75, 3.05) is 0 Å². The number of benzene rings is 1. The Morgan fingerprint density at radius 2 is 1.79 bits per heavy atom. The van der Waals surface area contributed by atoms with Crippen LogP contribution in [0.4, 0.5) is 0 Å². The van der Waals surface area contributed by atoms with Crippen LogP contribution < -0.4 is 11.1 Å². The topological polar surface area (TPSA) is 120 Å². The number of aromatic nitrogens is 2. The molecule has 1 aromatic carbocycles. The van der Waals surface area contributed by atoms with E-state index in [4.69, 9.17) is 4.55 Å². The zero-order valence-electron chi connectivity index (χ0n) is 9.18. The van der Waals surface area contributed by atoms with Gasteiger partial charge in [0.15, 0.2) is 0 Å². The first kappa shape index (κ1) is 13.7. The Kier molecular flexibility index (Phi) is 3.43. The van der Waals surface area contributed by atoms with Crippen molar-refractivity contribution in [1.82, 2.24) is 9.97 Å². The molecule has 3 N–H and O–H groups in total. The highest BCUT2D eigenvalue weighted by Gasteiger charge is 2.06. The van der Waals surface area contributed by atoms with Crippen molar-refractivity contribution in [3.8, 4) is 0 Å². The first-order chi connectivity index (χ1) is 8.76. The Balaban J connectivity index is 2.80. The zero-order valence-corrected chi connectivity index (χ0v) is 11.6. The van der Waals surface area contributed by atoms with Crippen LogP contribution >= 0.6 is 15.9 Å². The molecule has 0 spiro atoms. The lowest BCUT2D eigenvalue weighted by atomic mass is 10.2. The summed E-state index contributed by atoms with van der Waals surface area (Å²) in [6, 6.07) is 3.08. The lowest BCUT2D eigenvalue weighted by Crippen LogP contribution is -2.29. The Hall–Kier alpha value is -1.71. The molecule has 1 aromatic heterocycles. The molecular weight excluding hydrogens is 340 g/mol. The molecule has 0 saturated carbocycles. The molecule has 0 radical (unpaired) electrons. The third-order valence-electron chi connectivity index (χ3n) is 2.25. The third-order valence-corrected chi connectivity index (χ3v) is 3.18.